The van der Waals surface area contributed by atoms with Crippen LogP contribution >= 0.6 is 0 Å². The predicted octanol–water partition coefficient (Wildman–Crippen LogP) is 3.71. The lowest BCUT2D eigenvalue weighted by atomic mass is 10.1. The fourth-order valence-corrected chi connectivity index (χ4v) is 2.45. The number of nitrogens with zero attached hydrogens (tertiary/aromatic N) is 1. The highest BCUT2D eigenvalue weighted by Gasteiger charge is 2.02. The van der Waals surface area contributed by atoms with E-state index in [-0.39, 0.29) is 0 Å². The molecule has 0 aliphatic heterocycles. The molecule has 0 amide bonds. The number of hydrogen-bond donors (Lipinski definition) is 3. The topological polar surface area (TPSA) is 78.0 Å². The zero-order valence-corrected chi connectivity index (χ0v) is 13.6. The van der Waals surface area contributed by atoms with Crippen molar-refractivity contribution in [2.75, 3.05) is 5.32 Å². The molecule has 126 valence electrons. The average molecular weight is 333 g/mol. The summed E-state index contributed by atoms with van der Waals surface area (Å²) in [5.41, 5.74) is 4.05. The highest BCUT2D eigenvalue weighted by molar-refractivity contribution is 5.85. The number of carbonyl (C=O) groups is 1. The van der Waals surface area contributed by atoms with Crippen LogP contribution in [-0.2, 0) is 17.8 Å². The second kappa shape index (κ2) is 7.97. The zero-order valence-electron chi connectivity index (χ0n) is 13.6. The second-order valence-electron chi connectivity index (χ2n) is 5.66. The van der Waals surface area contributed by atoms with Gasteiger partial charge in [0.2, 0.25) is 0 Å². The molecular formula is C20H19N3O2. The van der Waals surface area contributed by atoms with Crippen molar-refractivity contribution in [3.05, 3.63) is 89.5 Å². The molecule has 0 aliphatic rings. The van der Waals surface area contributed by atoms with Gasteiger partial charge in [-0.05, 0) is 29.3 Å². The van der Waals surface area contributed by atoms with E-state index >= 15 is 0 Å². The third-order valence-corrected chi connectivity index (χ3v) is 3.71. The maximum Gasteiger partial charge on any atom is 0.328 e. The molecule has 5 heteroatoms. The molecule has 1 heterocycles. The maximum atomic E-state index is 10.5. The molecule has 3 aromatic rings. The standard InChI is InChI=1S/C20H19N3O2/c24-20(25)11-8-15-6-9-17(10-7-15)21-13-18-14-22-19(23-18)12-16-4-2-1-3-5-16/h1-11,14,21H,12-13H2,(H,22,23)(H,24,25)/b11-8+. The van der Waals surface area contributed by atoms with Crippen LogP contribution in [0.3, 0.4) is 0 Å². The molecule has 5 nitrogen and oxygen atoms in total. The Morgan fingerprint density at radius 2 is 1.88 bits per heavy atom. The van der Waals surface area contributed by atoms with Crippen LogP contribution in [0.2, 0.25) is 0 Å². The second-order valence-corrected chi connectivity index (χ2v) is 5.66. The van der Waals surface area contributed by atoms with Crippen LogP contribution in [0.5, 0.6) is 0 Å². The molecular weight excluding hydrogens is 314 g/mol. The minimum Gasteiger partial charge on any atom is -0.478 e. The van der Waals surface area contributed by atoms with E-state index in [2.05, 4.69) is 27.4 Å². The van der Waals surface area contributed by atoms with Gasteiger partial charge in [-0.25, -0.2) is 9.78 Å². The summed E-state index contributed by atoms with van der Waals surface area (Å²) in [6.07, 6.45) is 5.32. The molecule has 0 aliphatic carbocycles. The van der Waals surface area contributed by atoms with E-state index < -0.39 is 5.97 Å². The van der Waals surface area contributed by atoms with E-state index in [9.17, 15) is 4.79 Å². The number of nitrogens with one attached hydrogen (secondary N) is 2. The van der Waals surface area contributed by atoms with Crippen molar-refractivity contribution in [1.82, 2.24) is 9.97 Å². The molecule has 3 N–H and O–H groups in total. The number of anilines is 1. The van der Waals surface area contributed by atoms with Gasteiger partial charge in [0.15, 0.2) is 0 Å². The van der Waals surface area contributed by atoms with Gasteiger partial charge >= 0.3 is 5.97 Å². The Bertz CT molecular complexity index is 852. The summed E-state index contributed by atoms with van der Waals surface area (Å²) in [4.78, 5) is 18.3. The highest BCUT2D eigenvalue weighted by atomic mass is 16.4. The monoisotopic (exact) mass is 333 g/mol. The number of aliphatic carboxylic acids is 1. The Morgan fingerprint density at radius 3 is 2.60 bits per heavy atom. The fourth-order valence-electron chi connectivity index (χ4n) is 2.45. The van der Waals surface area contributed by atoms with Gasteiger partial charge in [0.25, 0.3) is 0 Å². The summed E-state index contributed by atoms with van der Waals surface area (Å²) in [5, 5.41) is 11.9. The van der Waals surface area contributed by atoms with Crippen molar-refractivity contribution < 1.29 is 9.90 Å². The number of carboxylic acid groups (broad SMARTS) is 1. The molecule has 25 heavy (non-hydrogen) atoms. The number of carboxylic acids is 1. The smallest absolute Gasteiger partial charge is 0.328 e. The number of aromatic nitrogens is 2. The van der Waals surface area contributed by atoms with E-state index in [0.717, 1.165) is 35.3 Å². The largest absolute Gasteiger partial charge is 0.478 e. The van der Waals surface area contributed by atoms with Crippen LogP contribution in [0.25, 0.3) is 6.08 Å². The number of aromatic amines is 1. The normalized spacial score (nSPS) is 10.9. The molecule has 3 rings (SSSR count). The first-order chi connectivity index (χ1) is 12.2. The van der Waals surface area contributed by atoms with Gasteiger partial charge in [-0.3, -0.25) is 0 Å². The summed E-state index contributed by atoms with van der Waals surface area (Å²) in [6.45, 7) is 0.645. The SMILES string of the molecule is O=C(O)/C=C/c1ccc(NCc2cnc(Cc3ccccc3)[nH]2)cc1. The van der Waals surface area contributed by atoms with E-state index in [0.29, 0.717) is 6.54 Å². The van der Waals surface area contributed by atoms with Crippen molar-refractivity contribution >= 4 is 17.7 Å². The molecule has 0 atom stereocenters. The van der Waals surface area contributed by atoms with Crippen LogP contribution in [0.4, 0.5) is 5.69 Å². The lowest BCUT2D eigenvalue weighted by Gasteiger charge is -2.05. The zero-order chi connectivity index (χ0) is 17.5. The van der Waals surface area contributed by atoms with Gasteiger partial charge in [-0.2, -0.15) is 0 Å². The number of hydrogen-bond acceptors (Lipinski definition) is 3. The first kappa shape index (κ1) is 16.5. The van der Waals surface area contributed by atoms with Gasteiger partial charge in [-0.15, -0.1) is 0 Å². The van der Waals surface area contributed by atoms with Crippen molar-refractivity contribution in [3.63, 3.8) is 0 Å². The summed E-state index contributed by atoms with van der Waals surface area (Å²) in [7, 11) is 0. The first-order valence-corrected chi connectivity index (χ1v) is 8.01. The Morgan fingerprint density at radius 1 is 1.12 bits per heavy atom. The molecule has 0 radical (unpaired) electrons. The highest BCUT2D eigenvalue weighted by Crippen LogP contribution is 2.12. The third kappa shape index (κ3) is 5.07. The Kier molecular flexibility index (Phi) is 5.26. The van der Waals surface area contributed by atoms with Crippen LogP contribution in [-0.4, -0.2) is 21.0 Å². The van der Waals surface area contributed by atoms with Gasteiger partial charge < -0.3 is 15.4 Å². The molecule has 2 aromatic carbocycles. The van der Waals surface area contributed by atoms with Crippen molar-refractivity contribution in [1.29, 1.82) is 0 Å². The fraction of sp³-hybridized carbons (Fsp3) is 0.100. The van der Waals surface area contributed by atoms with Crippen molar-refractivity contribution in [2.45, 2.75) is 13.0 Å². The quantitative estimate of drug-likeness (QED) is 0.576. The molecule has 0 fully saturated rings. The number of imidazole rings is 1. The molecule has 0 saturated heterocycles. The molecule has 0 saturated carbocycles. The third-order valence-electron chi connectivity index (χ3n) is 3.71. The lowest BCUT2D eigenvalue weighted by Crippen LogP contribution is -2.00. The number of rotatable bonds is 7. The van der Waals surface area contributed by atoms with E-state index in [1.165, 1.54) is 5.56 Å². The number of benzene rings is 2. The molecule has 0 spiro atoms. The maximum absolute atomic E-state index is 10.5. The van der Waals surface area contributed by atoms with Gasteiger partial charge in [0.05, 0.1) is 18.4 Å². The predicted molar refractivity (Wildman–Crippen MR) is 98.3 cm³/mol. The first-order valence-electron chi connectivity index (χ1n) is 8.01. The molecule has 1 aromatic heterocycles. The van der Waals surface area contributed by atoms with Gasteiger partial charge in [0, 0.05) is 18.2 Å². The lowest BCUT2D eigenvalue weighted by molar-refractivity contribution is -0.131. The van der Waals surface area contributed by atoms with Gasteiger partial charge in [-0.1, -0.05) is 42.5 Å². The van der Waals surface area contributed by atoms with Gasteiger partial charge in [0.1, 0.15) is 5.82 Å². The Labute approximate surface area is 146 Å². The van der Waals surface area contributed by atoms with E-state index in [4.69, 9.17) is 5.11 Å². The van der Waals surface area contributed by atoms with Crippen LogP contribution in [0.1, 0.15) is 22.6 Å². The van der Waals surface area contributed by atoms with E-state index in [1.54, 1.807) is 6.08 Å². The summed E-state index contributed by atoms with van der Waals surface area (Å²) in [6, 6.07) is 17.8. The summed E-state index contributed by atoms with van der Waals surface area (Å²) < 4.78 is 0. The Hall–Kier alpha value is -3.34. The summed E-state index contributed by atoms with van der Waals surface area (Å²) in [5.74, 6) is -0.00934. The Balaban J connectivity index is 1.54. The minimum absolute atomic E-state index is 0.645. The summed E-state index contributed by atoms with van der Waals surface area (Å²) >= 11 is 0. The minimum atomic E-state index is -0.951. The molecule has 0 bridgehead atoms. The molecule has 0 unspecified atom stereocenters. The number of H-pyrrole nitrogens is 1. The van der Waals surface area contributed by atoms with E-state index in [1.807, 2.05) is 48.7 Å². The van der Waals surface area contributed by atoms with Crippen LogP contribution < -0.4 is 5.32 Å². The van der Waals surface area contributed by atoms with Crippen LogP contribution in [0, 0.1) is 0 Å². The van der Waals surface area contributed by atoms with Crippen molar-refractivity contribution in [2.24, 2.45) is 0 Å². The van der Waals surface area contributed by atoms with Crippen molar-refractivity contribution in [3.8, 4) is 0 Å². The average Bonchev–Trinajstić information content (AvgIpc) is 3.07. The van der Waals surface area contributed by atoms with Crippen LogP contribution in [0.15, 0.2) is 66.9 Å².